The summed E-state index contributed by atoms with van der Waals surface area (Å²) in [5.74, 6) is -0.449. The molecule has 8 bridgehead atoms. The van der Waals surface area contributed by atoms with Crippen LogP contribution in [0, 0.1) is 0 Å². The fourth-order valence-electron chi connectivity index (χ4n) is 14.3. The molecule has 13 rings (SSSR count). The molecule has 13 aliphatic rings. The van der Waals surface area contributed by atoms with Gasteiger partial charge in [-0.2, -0.15) is 0 Å². The van der Waals surface area contributed by atoms with Crippen LogP contribution in [0.25, 0.3) is 0 Å². The third-order valence-corrected chi connectivity index (χ3v) is 57.1. The normalized spacial score (nSPS) is 46.8. The first kappa shape index (κ1) is 44.7. The van der Waals surface area contributed by atoms with Gasteiger partial charge in [-0.1, -0.05) is 96.5 Å². The molecule has 13 fully saturated rings. The van der Waals surface area contributed by atoms with E-state index < -0.39 is 76.4 Å². The van der Waals surface area contributed by atoms with E-state index in [-0.39, 0.29) is 45.4 Å². The molecule has 0 amide bonds. The highest BCUT2D eigenvalue weighted by molar-refractivity contribution is 7.04. The van der Waals surface area contributed by atoms with Crippen molar-refractivity contribution in [2.75, 3.05) is 6.61 Å². The van der Waals surface area contributed by atoms with Crippen LogP contribution in [0.15, 0.2) is 12.7 Å². The highest BCUT2D eigenvalue weighted by Gasteiger charge is 2.88. The van der Waals surface area contributed by atoms with Crippen molar-refractivity contribution in [3.63, 3.8) is 0 Å². The van der Waals surface area contributed by atoms with E-state index in [0.29, 0.717) is 12.5 Å². The molecule has 0 aromatic rings. The Morgan fingerprint density at radius 2 is 0.587 bits per heavy atom. The number of carbonyl (C=O) groups is 1. The van der Waals surface area contributed by atoms with Crippen LogP contribution < -0.4 is 0 Å². The van der Waals surface area contributed by atoms with E-state index in [1.165, 1.54) is 6.08 Å². The predicted octanol–water partition coefficient (Wildman–Crippen LogP) is 10.5. The number of hydrogen-bond acceptors (Lipinski definition) is 14. The lowest BCUT2D eigenvalue weighted by atomic mass is 10.4. The molecule has 0 aromatic heterocycles. The lowest BCUT2D eigenvalue weighted by molar-refractivity contribution is -0.137. The third-order valence-electron chi connectivity index (χ3n) is 17.5. The van der Waals surface area contributed by atoms with Crippen molar-refractivity contribution in [1.82, 2.24) is 0 Å². The minimum absolute atomic E-state index is 0.0151. The smallest absolute Gasteiger partial charge is 0.463 e. The van der Waals surface area contributed by atoms with Gasteiger partial charge in [0.05, 0.1) is 6.61 Å². The molecule has 7 aliphatic carbocycles. The van der Waals surface area contributed by atoms with Gasteiger partial charge in [-0.3, -0.25) is 0 Å². The molecule has 0 atom stereocenters. The molecule has 0 unspecified atom stereocenters. The highest BCUT2D eigenvalue weighted by atomic mass is 28.6. The molecule has 0 spiro atoms. The van der Waals surface area contributed by atoms with Crippen LogP contribution in [0.5, 0.6) is 0 Å². The van der Waals surface area contributed by atoms with Crippen molar-refractivity contribution in [2.24, 2.45) is 0 Å². The minimum Gasteiger partial charge on any atom is -0.463 e. The zero-order chi connectivity index (χ0) is 42.4. The van der Waals surface area contributed by atoms with Crippen molar-refractivity contribution in [3.8, 4) is 0 Å². The van der Waals surface area contributed by atoms with Crippen molar-refractivity contribution < 1.29 is 58.9 Å². The molecule has 6 heterocycles. The quantitative estimate of drug-likeness (QED) is 0.0793. The van der Waals surface area contributed by atoms with Gasteiger partial charge < -0.3 is 54.1 Å². The molecule has 352 valence electrons. The number of esters is 1. The summed E-state index contributed by atoms with van der Waals surface area (Å²) in [6.45, 7) is 3.83. The van der Waals surface area contributed by atoms with E-state index in [9.17, 15) is 4.79 Å². The van der Waals surface area contributed by atoms with Crippen LogP contribution in [-0.2, 0) is 58.9 Å². The van der Waals surface area contributed by atoms with Gasteiger partial charge in [-0.25, -0.2) is 4.79 Å². The monoisotopic (exact) mass is 1010 g/mol. The van der Waals surface area contributed by atoms with Crippen LogP contribution in [0.3, 0.4) is 0 Å². The zero-order valence-corrected chi connectivity index (χ0v) is 45.5. The van der Waals surface area contributed by atoms with E-state index in [1.807, 2.05) is 0 Å². The third kappa shape index (κ3) is 7.59. The molecule has 6 aliphatic heterocycles. The summed E-state index contributed by atoms with van der Waals surface area (Å²) >= 11 is 0. The highest BCUT2D eigenvalue weighted by Crippen LogP contribution is 2.66. The van der Waals surface area contributed by atoms with Gasteiger partial charge in [0.1, 0.15) is 0 Å². The SMILES string of the molecule is C=CC(=O)OCCC[Si]12O[Si]3(C4CCCC4)O[Si]4(C5CCCC5)O[Si](C5CCCC5)(O1)O[Si]1(C5CCCC5)O[Si](C5CCCC5)(O2)O[Si](C2CCCC2)(O3)O[Si](C2CCCC2)(O4)O1. The van der Waals surface area contributed by atoms with Gasteiger partial charge in [-0.05, 0) is 96.3 Å². The fourth-order valence-corrected chi connectivity index (χ4v) is 70.4. The number of carbonyl (C=O) groups excluding carboxylic acids is 1. The Balaban J connectivity index is 1.15. The van der Waals surface area contributed by atoms with Gasteiger partial charge in [-0.15, -0.1) is 0 Å². The fraction of sp³-hybridized carbons (Fsp3) is 0.927. The summed E-state index contributed by atoms with van der Waals surface area (Å²) in [6.07, 6.45) is 29.9. The van der Waals surface area contributed by atoms with Gasteiger partial charge in [0, 0.05) is 50.9 Å². The summed E-state index contributed by atoms with van der Waals surface area (Å²) in [6, 6.07) is 0.366. The average molecular weight is 1010 g/mol. The van der Waals surface area contributed by atoms with E-state index in [1.54, 1.807) is 0 Å². The molecule has 0 radical (unpaired) electrons. The molecular weight excluding hydrogens is 941 g/mol. The zero-order valence-electron chi connectivity index (χ0n) is 37.5. The Bertz CT molecular complexity index is 1530. The predicted molar refractivity (Wildman–Crippen MR) is 245 cm³/mol. The Morgan fingerprint density at radius 3 is 0.794 bits per heavy atom. The van der Waals surface area contributed by atoms with Crippen molar-refractivity contribution in [2.45, 2.75) is 231 Å². The summed E-state index contributed by atoms with van der Waals surface area (Å²) < 4.78 is 106. The lowest BCUT2D eigenvalue weighted by Gasteiger charge is -2.66. The van der Waals surface area contributed by atoms with Crippen LogP contribution in [0.1, 0.15) is 186 Å². The van der Waals surface area contributed by atoms with Crippen LogP contribution in [0.4, 0.5) is 0 Å². The average Bonchev–Trinajstić information content (AvgIpc) is 4.12. The molecule has 7 saturated carbocycles. The molecule has 0 aromatic carbocycles. The molecule has 63 heavy (non-hydrogen) atoms. The first-order valence-electron chi connectivity index (χ1n) is 25.9. The Hall–Kier alpha value is 0.465. The standard InChI is InChI=1S/C41H72O14Si8/c1-2-41(42)43-32-17-33-56-44-57(34-18-3-4-19-34)47-60(37-24-9-10-25-37)49-58(45-56,35-20-5-6-21-35)51-62(39-28-13-14-29-39)52-59(46-56,36-22-7-8-23-36)50-61(48-57,38-26-11-12-27-38)54-63(53-60,55-62)40-30-15-16-31-40/h2,34-40H,1,3-33H2. The summed E-state index contributed by atoms with van der Waals surface area (Å²) in [7, 11) is -31.9. The Kier molecular flexibility index (Phi) is 12.1. The first-order chi connectivity index (χ1) is 30.7. The minimum atomic E-state index is -4.09. The largest absolute Gasteiger partial charge is 0.482 e. The summed E-state index contributed by atoms with van der Waals surface area (Å²) in [5, 5.41) is 0. The molecule has 6 saturated heterocycles. The van der Waals surface area contributed by atoms with E-state index in [4.69, 9.17) is 54.1 Å². The van der Waals surface area contributed by atoms with Crippen LogP contribution >= 0.6 is 0 Å². The van der Waals surface area contributed by atoms with Gasteiger partial charge in [0.2, 0.25) is 0 Å². The summed E-state index contributed by atoms with van der Waals surface area (Å²) in [5.41, 5.74) is 0.0622. The summed E-state index contributed by atoms with van der Waals surface area (Å²) in [4.78, 5) is 12.5. The first-order valence-corrected chi connectivity index (χ1v) is 40.4. The Morgan fingerprint density at radius 1 is 0.381 bits per heavy atom. The van der Waals surface area contributed by atoms with Gasteiger partial charge >= 0.3 is 76.4 Å². The maximum Gasteiger partial charge on any atom is 0.482 e. The maximum absolute atomic E-state index is 12.5. The second-order valence-electron chi connectivity index (χ2n) is 21.5. The van der Waals surface area contributed by atoms with E-state index in [2.05, 4.69) is 6.58 Å². The van der Waals surface area contributed by atoms with Crippen molar-refractivity contribution >= 4 is 76.4 Å². The van der Waals surface area contributed by atoms with E-state index in [0.717, 1.165) is 180 Å². The molecule has 22 heteroatoms. The molecule has 14 nitrogen and oxygen atoms in total. The van der Waals surface area contributed by atoms with Gasteiger partial charge in [0.25, 0.3) is 0 Å². The lowest BCUT2D eigenvalue weighted by Crippen LogP contribution is -2.90. The number of ether oxygens (including phenoxy) is 1. The maximum atomic E-state index is 12.5. The van der Waals surface area contributed by atoms with E-state index >= 15 is 0 Å². The Labute approximate surface area is 383 Å². The number of rotatable bonds is 12. The van der Waals surface area contributed by atoms with Crippen molar-refractivity contribution in [3.05, 3.63) is 12.7 Å². The molecular formula is C41H72O14Si8. The van der Waals surface area contributed by atoms with Crippen LogP contribution in [-0.4, -0.2) is 83.0 Å². The van der Waals surface area contributed by atoms with Crippen LogP contribution in [0.2, 0.25) is 44.8 Å². The van der Waals surface area contributed by atoms with Gasteiger partial charge in [0.15, 0.2) is 0 Å². The second-order valence-corrected chi connectivity index (χ2v) is 47.3. The second kappa shape index (κ2) is 17.1. The molecule has 0 N–H and O–H groups in total. The number of hydrogen-bond donors (Lipinski definition) is 0. The van der Waals surface area contributed by atoms with Crippen molar-refractivity contribution in [1.29, 1.82) is 0 Å². The topological polar surface area (TPSA) is 137 Å².